The second-order valence-corrected chi connectivity index (χ2v) is 12.3. The van der Waals surface area contributed by atoms with Crippen LogP contribution in [0, 0.1) is 7.14 Å². The molecule has 9 heteroatoms. The average Bonchev–Trinajstić information content (AvgIpc) is 3.38. The highest BCUT2D eigenvalue weighted by Gasteiger charge is 2.23. The van der Waals surface area contributed by atoms with Crippen molar-refractivity contribution in [3.8, 4) is 17.0 Å². The molecular formula is C28H32I2N2O4S. The van der Waals surface area contributed by atoms with Crippen LogP contribution in [0.25, 0.3) is 11.3 Å². The van der Waals surface area contributed by atoms with E-state index < -0.39 is 5.97 Å². The number of hydrogen-bond donors (Lipinski definition) is 0. The highest BCUT2D eigenvalue weighted by molar-refractivity contribution is 14.2. The van der Waals surface area contributed by atoms with Crippen LogP contribution < -0.4 is 9.64 Å². The molecule has 0 spiro atoms. The van der Waals surface area contributed by atoms with E-state index in [1.165, 1.54) is 62.4 Å². The third kappa shape index (κ3) is 9.13. The molecule has 0 saturated carbocycles. The molecule has 0 unspecified atom stereocenters. The van der Waals surface area contributed by atoms with Gasteiger partial charge >= 0.3 is 5.97 Å². The largest absolute Gasteiger partial charge is 0.494 e. The minimum Gasteiger partial charge on any atom is -0.494 e. The van der Waals surface area contributed by atoms with E-state index in [0.29, 0.717) is 17.4 Å². The van der Waals surface area contributed by atoms with Gasteiger partial charge in [0.25, 0.3) is 5.91 Å². The van der Waals surface area contributed by atoms with Gasteiger partial charge in [-0.3, -0.25) is 14.5 Å². The van der Waals surface area contributed by atoms with Gasteiger partial charge in [0, 0.05) is 25.0 Å². The van der Waals surface area contributed by atoms with Crippen molar-refractivity contribution in [2.45, 2.75) is 52.4 Å². The molecule has 2 aromatic carbocycles. The Labute approximate surface area is 246 Å². The summed E-state index contributed by atoms with van der Waals surface area (Å²) in [4.78, 5) is 30.7. The van der Waals surface area contributed by atoms with Crippen molar-refractivity contribution in [3.05, 3.63) is 55.0 Å². The van der Waals surface area contributed by atoms with Gasteiger partial charge in [-0.2, -0.15) is 0 Å². The van der Waals surface area contributed by atoms with E-state index in [2.05, 4.69) is 46.2 Å². The van der Waals surface area contributed by atoms with Gasteiger partial charge in [-0.1, -0.05) is 70.3 Å². The molecule has 6 nitrogen and oxygen atoms in total. The van der Waals surface area contributed by atoms with Crippen LogP contribution in [0.3, 0.4) is 0 Å². The van der Waals surface area contributed by atoms with Gasteiger partial charge in [-0.25, -0.2) is 4.98 Å². The predicted molar refractivity (Wildman–Crippen MR) is 169 cm³/mol. The summed E-state index contributed by atoms with van der Waals surface area (Å²) in [6.45, 7) is 3.81. The molecule has 1 heterocycles. The SMILES string of the molecule is C=Ic1cc(-c2csc(N(C(=O)COC(C)=O)c3ccc(OCCCCCCCC)cc3)n2)ccc1I. The molecule has 0 saturated heterocycles. The van der Waals surface area contributed by atoms with Crippen LogP contribution in [0.5, 0.6) is 5.75 Å². The molecule has 0 fully saturated rings. The first-order chi connectivity index (χ1) is 17.9. The maximum atomic E-state index is 13.1. The summed E-state index contributed by atoms with van der Waals surface area (Å²) in [5.74, 6) is -0.120. The number of benzene rings is 2. The van der Waals surface area contributed by atoms with E-state index in [1.807, 2.05) is 35.7 Å². The highest BCUT2D eigenvalue weighted by atomic mass is 127. The van der Waals surface area contributed by atoms with Crippen molar-refractivity contribution in [1.82, 2.24) is 4.98 Å². The molecule has 0 atom stereocenters. The zero-order chi connectivity index (χ0) is 26.6. The van der Waals surface area contributed by atoms with Crippen LogP contribution in [0.2, 0.25) is 0 Å². The quantitative estimate of drug-likeness (QED) is 0.0953. The Morgan fingerprint density at radius 2 is 1.81 bits per heavy atom. The van der Waals surface area contributed by atoms with Gasteiger partial charge in [0.05, 0.1) is 18.0 Å². The van der Waals surface area contributed by atoms with Gasteiger partial charge in [-0.05, 0) is 65.4 Å². The summed E-state index contributed by atoms with van der Waals surface area (Å²) < 4.78 is 17.5. The number of anilines is 2. The Morgan fingerprint density at radius 1 is 1.08 bits per heavy atom. The van der Waals surface area contributed by atoms with Crippen LogP contribution in [-0.4, -0.2) is 34.6 Å². The fraction of sp³-hybridized carbons (Fsp3) is 0.357. The maximum Gasteiger partial charge on any atom is 0.303 e. The van der Waals surface area contributed by atoms with Gasteiger partial charge in [0.2, 0.25) is 0 Å². The van der Waals surface area contributed by atoms with Crippen LogP contribution in [0.15, 0.2) is 47.8 Å². The van der Waals surface area contributed by atoms with E-state index in [9.17, 15) is 9.59 Å². The normalized spacial score (nSPS) is 10.8. The lowest BCUT2D eigenvalue weighted by molar-refractivity contribution is -0.145. The number of halogens is 2. The molecule has 0 aliphatic carbocycles. The summed E-state index contributed by atoms with van der Waals surface area (Å²) in [5.41, 5.74) is 2.42. The Bertz CT molecular complexity index is 1200. The topological polar surface area (TPSA) is 68.7 Å². The second-order valence-electron chi connectivity index (χ2n) is 8.40. The standard InChI is InChI=1S/C28H32I2N2O4S/c1-4-5-6-7-8-9-16-35-23-13-11-22(12-14-23)32(27(34)18-36-20(2)33)28-31-26(19-37-28)21-10-15-24(29)25(17-21)30-3/h10-15,17,19H,3-9,16,18H2,1-2H3. The first kappa shape index (κ1) is 29.7. The van der Waals surface area contributed by atoms with Crippen molar-refractivity contribution in [2.75, 3.05) is 18.1 Å². The third-order valence-corrected chi connectivity index (χ3v) is 10.1. The number of hydrogen-bond acceptors (Lipinski definition) is 6. The monoisotopic (exact) mass is 746 g/mol. The number of carbonyl (C=O) groups excluding carboxylic acids is 2. The van der Waals surface area contributed by atoms with Crippen molar-refractivity contribution in [2.24, 2.45) is 0 Å². The van der Waals surface area contributed by atoms with E-state index in [4.69, 9.17) is 14.5 Å². The number of carbonyl (C=O) groups is 2. The Kier molecular flexibility index (Phi) is 12.5. The fourth-order valence-electron chi connectivity index (χ4n) is 3.61. The lowest BCUT2D eigenvalue weighted by atomic mass is 10.1. The molecule has 0 N–H and O–H groups in total. The lowest BCUT2D eigenvalue weighted by Gasteiger charge is -2.20. The van der Waals surface area contributed by atoms with Crippen molar-refractivity contribution in [1.29, 1.82) is 0 Å². The average molecular weight is 746 g/mol. The Morgan fingerprint density at radius 3 is 2.51 bits per heavy atom. The zero-order valence-corrected chi connectivity index (χ0v) is 26.3. The molecular weight excluding hydrogens is 714 g/mol. The van der Waals surface area contributed by atoms with E-state index >= 15 is 0 Å². The summed E-state index contributed by atoms with van der Waals surface area (Å²) in [7, 11) is 0. The van der Waals surface area contributed by atoms with Crippen molar-refractivity contribution < 1.29 is 19.1 Å². The molecule has 198 valence electrons. The fourth-order valence-corrected chi connectivity index (χ4v) is 6.88. The second kappa shape index (κ2) is 15.5. The third-order valence-electron chi connectivity index (χ3n) is 5.55. The van der Waals surface area contributed by atoms with E-state index in [-0.39, 0.29) is 33.2 Å². The minimum absolute atomic E-state index is 0.306. The predicted octanol–water partition coefficient (Wildman–Crippen LogP) is 7.95. The first-order valence-corrected chi connectivity index (χ1v) is 16.8. The number of nitrogens with zero attached hydrogens (tertiary/aromatic N) is 2. The van der Waals surface area contributed by atoms with Crippen LogP contribution in [0.4, 0.5) is 10.8 Å². The van der Waals surface area contributed by atoms with Gasteiger partial charge in [-0.15, -0.1) is 11.3 Å². The van der Waals surface area contributed by atoms with Crippen molar-refractivity contribution in [3.63, 3.8) is 0 Å². The summed E-state index contributed by atoms with van der Waals surface area (Å²) in [6, 6.07) is 13.6. The molecule has 3 aromatic rings. The molecule has 0 aliphatic rings. The summed E-state index contributed by atoms with van der Waals surface area (Å²) in [6.07, 6.45) is 7.25. The van der Waals surface area contributed by atoms with Gasteiger partial charge in [0.1, 0.15) is 5.75 Å². The highest BCUT2D eigenvalue weighted by Crippen LogP contribution is 2.34. The number of aromatic nitrogens is 1. The Balaban J connectivity index is 1.75. The number of esters is 1. The molecule has 0 bridgehead atoms. The van der Waals surface area contributed by atoms with E-state index in [1.54, 1.807) is 0 Å². The minimum atomic E-state index is -0.505. The molecule has 0 radical (unpaired) electrons. The number of ether oxygens (including phenoxy) is 2. The number of amides is 1. The van der Waals surface area contributed by atoms with Crippen LogP contribution in [-0.2, 0) is 14.3 Å². The molecule has 0 aliphatic heterocycles. The molecule has 1 amide bonds. The zero-order valence-electron chi connectivity index (χ0n) is 21.2. The number of rotatable bonds is 14. The smallest absolute Gasteiger partial charge is 0.303 e. The summed E-state index contributed by atoms with van der Waals surface area (Å²) in [5, 5.41) is 2.45. The van der Waals surface area contributed by atoms with Gasteiger partial charge < -0.3 is 9.47 Å². The molecule has 1 aromatic heterocycles. The first-order valence-electron chi connectivity index (χ1n) is 12.3. The van der Waals surface area contributed by atoms with Crippen LogP contribution in [0.1, 0.15) is 52.4 Å². The van der Waals surface area contributed by atoms with Crippen LogP contribution >= 0.6 is 54.7 Å². The van der Waals surface area contributed by atoms with Crippen molar-refractivity contribution >= 4 is 81.9 Å². The van der Waals surface area contributed by atoms with E-state index in [0.717, 1.165) is 23.4 Å². The number of unbranched alkanes of at least 4 members (excludes halogenated alkanes) is 5. The number of thiazole rings is 1. The summed E-state index contributed by atoms with van der Waals surface area (Å²) >= 11 is 3.39. The molecule has 3 rings (SSSR count). The molecule has 37 heavy (non-hydrogen) atoms. The van der Waals surface area contributed by atoms with Gasteiger partial charge in [0.15, 0.2) is 11.7 Å². The lowest BCUT2D eigenvalue weighted by Crippen LogP contribution is -2.30. The maximum absolute atomic E-state index is 13.1. The Hall–Kier alpha value is -1.86.